The van der Waals surface area contributed by atoms with Gasteiger partial charge in [0.2, 0.25) is 0 Å². The topological polar surface area (TPSA) is 40.5 Å². The van der Waals surface area contributed by atoms with Crippen LogP contribution in [-0.2, 0) is 0 Å². The zero-order valence-corrected chi connectivity index (χ0v) is 12.2. The first-order chi connectivity index (χ1) is 9.06. The third kappa shape index (κ3) is 2.46. The third-order valence-electron chi connectivity index (χ3n) is 4.62. The molecule has 0 bridgehead atoms. The van der Waals surface area contributed by atoms with E-state index in [1.54, 1.807) is 0 Å². The van der Waals surface area contributed by atoms with E-state index >= 15 is 0 Å². The number of hydrogen-bond acceptors (Lipinski definition) is 2. The van der Waals surface area contributed by atoms with Crippen LogP contribution in [-0.4, -0.2) is 21.7 Å². The Morgan fingerprint density at radius 2 is 1.95 bits per heavy atom. The Bertz CT molecular complexity index is 490. The molecule has 0 heterocycles. The maximum absolute atomic E-state index is 9.88. The molecule has 104 valence electrons. The van der Waals surface area contributed by atoms with Crippen molar-refractivity contribution in [2.45, 2.75) is 50.0 Å². The van der Waals surface area contributed by atoms with Crippen molar-refractivity contribution in [1.82, 2.24) is 0 Å². The van der Waals surface area contributed by atoms with Crippen molar-refractivity contribution in [3.8, 4) is 0 Å². The molecule has 2 N–H and O–H groups in total. The summed E-state index contributed by atoms with van der Waals surface area (Å²) in [5.74, 6) is 0.561. The van der Waals surface area contributed by atoms with Gasteiger partial charge in [-0.15, -0.1) is 11.6 Å². The molecule has 0 aliphatic heterocycles. The van der Waals surface area contributed by atoms with E-state index < -0.39 is 5.38 Å². The van der Waals surface area contributed by atoms with Crippen LogP contribution in [0.4, 0.5) is 0 Å². The number of halogens is 2. The Hall–Kier alpha value is -0.440. The van der Waals surface area contributed by atoms with E-state index in [0.717, 1.165) is 32.1 Å². The predicted molar refractivity (Wildman–Crippen MR) is 77.5 cm³/mol. The second-order valence-electron chi connectivity index (χ2n) is 5.75. The number of aliphatic hydroxyl groups is 2. The number of aliphatic hydroxyl groups excluding tert-OH is 2. The lowest BCUT2D eigenvalue weighted by Gasteiger charge is -2.30. The van der Waals surface area contributed by atoms with E-state index in [2.05, 4.69) is 0 Å². The summed E-state index contributed by atoms with van der Waals surface area (Å²) in [7, 11) is 0. The smallest absolute Gasteiger partial charge is 0.129 e. The molecule has 0 aromatic rings. The van der Waals surface area contributed by atoms with Gasteiger partial charge in [0.05, 0.1) is 16.5 Å². The number of hydrogen-bond donors (Lipinski definition) is 2. The molecule has 0 saturated heterocycles. The average molecular weight is 301 g/mol. The number of allylic oxidation sites excluding steroid dienone is 5. The van der Waals surface area contributed by atoms with Crippen LogP contribution < -0.4 is 0 Å². The first kappa shape index (κ1) is 13.5. The molecule has 0 spiro atoms. The average Bonchev–Trinajstić information content (AvgIpc) is 2.76. The van der Waals surface area contributed by atoms with E-state index in [-0.39, 0.29) is 11.9 Å². The van der Waals surface area contributed by atoms with E-state index in [0.29, 0.717) is 17.4 Å². The van der Waals surface area contributed by atoms with Gasteiger partial charge in [-0.25, -0.2) is 0 Å². The molecule has 3 aliphatic carbocycles. The van der Waals surface area contributed by atoms with Crippen molar-refractivity contribution < 1.29 is 10.2 Å². The van der Waals surface area contributed by atoms with Gasteiger partial charge in [0.25, 0.3) is 0 Å². The van der Waals surface area contributed by atoms with Crippen LogP contribution >= 0.6 is 23.2 Å². The van der Waals surface area contributed by atoms with Crippen LogP contribution in [0.2, 0.25) is 0 Å². The standard InChI is InChI=1S/C15H18Cl2O2/c16-12-6-10(7-13(17)15(12)19)8-1-3-11-9(5-8)2-4-14(11)18/h6,8,13-14,18-19H,1-5,7H2. The first-order valence-electron chi connectivity index (χ1n) is 6.88. The summed E-state index contributed by atoms with van der Waals surface area (Å²) in [6, 6.07) is 0. The van der Waals surface area contributed by atoms with Gasteiger partial charge >= 0.3 is 0 Å². The lowest BCUT2D eigenvalue weighted by atomic mass is 9.78. The van der Waals surface area contributed by atoms with Crippen LogP contribution in [0.15, 0.2) is 33.6 Å². The monoisotopic (exact) mass is 300 g/mol. The Labute approximate surface area is 123 Å². The normalized spacial score (nSPS) is 35.5. The quantitative estimate of drug-likeness (QED) is 0.563. The van der Waals surface area contributed by atoms with Crippen molar-refractivity contribution in [3.63, 3.8) is 0 Å². The molecular weight excluding hydrogens is 283 g/mol. The van der Waals surface area contributed by atoms with Crippen molar-refractivity contribution in [2.24, 2.45) is 5.92 Å². The Kier molecular flexibility index (Phi) is 3.67. The van der Waals surface area contributed by atoms with E-state index in [4.69, 9.17) is 23.2 Å². The Morgan fingerprint density at radius 1 is 1.16 bits per heavy atom. The number of alkyl halides is 1. The van der Waals surface area contributed by atoms with Gasteiger partial charge in [-0.05, 0) is 56.1 Å². The second-order valence-corrected chi connectivity index (χ2v) is 6.68. The van der Waals surface area contributed by atoms with Gasteiger partial charge in [0.15, 0.2) is 0 Å². The zero-order valence-electron chi connectivity index (χ0n) is 10.7. The predicted octanol–water partition coefficient (Wildman–Crippen LogP) is 4.18. The molecule has 3 unspecified atom stereocenters. The molecule has 0 fully saturated rings. The maximum Gasteiger partial charge on any atom is 0.129 e. The van der Waals surface area contributed by atoms with Gasteiger partial charge in [-0.3, -0.25) is 0 Å². The Balaban J connectivity index is 1.79. The van der Waals surface area contributed by atoms with E-state index in [1.165, 1.54) is 16.7 Å². The lowest BCUT2D eigenvalue weighted by Crippen LogP contribution is -2.19. The van der Waals surface area contributed by atoms with Crippen LogP contribution in [0.5, 0.6) is 0 Å². The van der Waals surface area contributed by atoms with Crippen LogP contribution in [0, 0.1) is 5.92 Å². The van der Waals surface area contributed by atoms with Crippen LogP contribution in [0.3, 0.4) is 0 Å². The minimum Gasteiger partial charge on any atom is -0.509 e. The fourth-order valence-electron chi connectivity index (χ4n) is 3.54. The van der Waals surface area contributed by atoms with Gasteiger partial charge in [0.1, 0.15) is 5.76 Å². The van der Waals surface area contributed by atoms with Gasteiger partial charge in [-0.2, -0.15) is 0 Å². The van der Waals surface area contributed by atoms with Crippen molar-refractivity contribution in [3.05, 3.63) is 33.6 Å². The molecular formula is C15H18Cl2O2. The summed E-state index contributed by atoms with van der Waals surface area (Å²) in [6.45, 7) is 0. The second kappa shape index (κ2) is 5.16. The third-order valence-corrected chi connectivity index (χ3v) is 5.29. The van der Waals surface area contributed by atoms with Crippen molar-refractivity contribution in [1.29, 1.82) is 0 Å². The van der Waals surface area contributed by atoms with E-state index in [1.807, 2.05) is 6.08 Å². The van der Waals surface area contributed by atoms with Gasteiger partial charge in [0, 0.05) is 0 Å². The highest BCUT2D eigenvalue weighted by Crippen LogP contribution is 2.44. The highest BCUT2D eigenvalue weighted by atomic mass is 35.5. The molecule has 19 heavy (non-hydrogen) atoms. The highest BCUT2D eigenvalue weighted by Gasteiger charge is 2.33. The summed E-state index contributed by atoms with van der Waals surface area (Å²) in [5, 5.41) is 19.6. The number of rotatable bonds is 1. The fourth-order valence-corrected chi connectivity index (χ4v) is 4.16. The van der Waals surface area contributed by atoms with Crippen LogP contribution in [0.1, 0.15) is 38.5 Å². The summed E-state index contributed by atoms with van der Waals surface area (Å²) in [6.07, 6.45) is 7.33. The fraction of sp³-hybridized carbons (Fsp3) is 0.600. The molecule has 0 aromatic heterocycles. The SMILES string of the molecule is OC1=C(Cl)C=C(C2CCC3=C(CCC3O)C2)CC1Cl. The molecule has 3 atom stereocenters. The molecule has 2 nitrogen and oxygen atoms in total. The van der Waals surface area contributed by atoms with Gasteiger partial charge in [-0.1, -0.05) is 22.7 Å². The molecule has 0 radical (unpaired) electrons. The van der Waals surface area contributed by atoms with E-state index in [9.17, 15) is 10.2 Å². The van der Waals surface area contributed by atoms with Gasteiger partial charge < -0.3 is 10.2 Å². The minimum atomic E-state index is -0.392. The minimum absolute atomic E-state index is 0.0964. The summed E-state index contributed by atoms with van der Waals surface area (Å²) in [5.41, 5.74) is 3.96. The highest BCUT2D eigenvalue weighted by molar-refractivity contribution is 6.33. The summed E-state index contributed by atoms with van der Waals surface area (Å²) < 4.78 is 0. The van der Waals surface area contributed by atoms with Crippen molar-refractivity contribution >= 4 is 23.2 Å². The first-order valence-corrected chi connectivity index (χ1v) is 7.69. The molecule has 0 amide bonds. The molecule has 4 heteroatoms. The van der Waals surface area contributed by atoms with Crippen molar-refractivity contribution in [2.75, 3.05) is 0 Å². The zero-order chi connectivity index (χ0) is 13.6. The van der Waals surface area contributed by atoms with Crippen LogP contribution in [0.25, 0.3) is 0 Å². The molecule has 0 saturated carbocycles. The molecule has 3 rings (SSSR count). The summed E-state index contributed by atoms with van der Waals surface area (Å²) >= 11 is 12.2. The maximum atomic E-state index is 9.88. The summed E-state index contributed by atoms with van der Waals surface area (Å²) in [4.78, 5) is 0. The molecule has 3 aliphatic rings. The largest absolute Gasteiger partial charge is 0.509 e. The Morgan fingerprint density at radius 3 is 2.68 bits per heavy atom. The lowest BCUT2D eigenvalue weighted by molar-refractivity contribution is 0.206. The molecule has 0 aromatic carbocycles.